The molecule has 0 saturated heterocycles. The maximum Gasteiger partial charge on any atom is 0.0178 e. The van der Waals surface area contributed by atoms with Crippen LogP contribution in [0.2, 0.25) is 0 Å². The molecule has 0 spiro atoms. The fraction of sp³-hybridized carbons (Fsp3) is 0.273. The van der Waals surface area contributed by atoms with Gasteiger partial charge >= 0.3 is 0 Å². The first-order chi connectivity index (χ1) is 6.27. The van der Waals surface area contributed by atoms with Gasteiger partial charge in [0.1, 0.15) is 0 Å². The van der Waals surface area contributed by atoms with Crippen molar-refractivity contribution < 1.29 is 0 Å². The summed E-state index contributed by atoms with van der Waals surface area (Å²) < 4.78 is 1.13. The number of hydrogen-bond acceptors (Lipinski definition) is 1. The van der Waals surface area contributed by atoms with Crippen LogP contribution in [0.25, 0.3) is 6.08 Å². The predicted octanol–water partition coefficient (Wildman–Crippen LogP) is 2.98. The van der Waals surface area contributed by atoms with Gasteiger partial charge in [0.2, 0.25) is 0 Å². The molecular formula is C11H14BrN. The van der Waals surface area contributed by atoms with Gasteiger partial charge in [-0.15, -0.1) is 0 Å². The Balaban J connectivity index is 2.99. The highest BCUT2D eigenvalue weighted by molar-refractivity contribution is 9.10. The second-order valence-electron chi connectivity index (χ2n) is 2.83. The van der Waals surface area contributed by atoms with Gasteiger partial charge in [0, 0.05) is 11.0 Å². The zero-order valence-corrected chi connectivity index (χ0v) is 9.34. The fourth-order valence-corrected chi connectivity index (χ4v) is 1.65. The lowest BCUT2D eigenvalue weighted by Crippen LogP contribution is -1.93. The Morgan fingerprint density at radius 2 is 2.23 bits per heavy atom. The van der Waals surface area contributed by atoms with Gasteiger partial charge in [-0.05, 0) is 29.7 Å². The fourth-order valence-electron chi connectivity index (χ4n) is 1.24. The number of halogens is 1. The molecule has 2 heteroatoms. The molecule has 1 rings (SSSR count). The number of nitrogens with two attached hydrogens (primary N) is 1. The second-order valence-corrected chi connectivity index (χ2v) is 3.75. The van der Waals surface area contributed by atoms with Gasteiger partial charge in [-0.2, -0.15) is 0 Å². The van der Waals surface area contributed by atoms with Crippen molar-refractivity contribution in [3.63, 3.8) is 0 Å². The molecule has 13 heavy (non-hydrogen) atoms. The van der Waals surface area contributed by atoms with Crippen molar-refractivity contribution in [1.82, 2.24) is 0 Å². The number of benzene rings is 1. The zero-order valence-electron chi connectivity index (χ0n) is 7.76. The van der Waals surface area contributed by atoms with Crippen LogP contribution in [0.5, 0.6) is 0 Å². The topological polar surface area (TPSA) is 26.0 Å². The highest BCUT2D eigenvalue weighted by Crippen LogP contribution is 2.18. The highest BCUT2D eigenvalue weighted by atomic mass is 79.9. The summed E-state index contributed by atoms with van der Waals surface area (Å²) in [5.74, 6) is 0. The molecular weight excluding hydrogens is 226 g/mol. The summed E-state index contributed by atoms with van der Waals surface area (Å²) in [4.78, 5) is 0. The standard InChI is InChI=1S/C11H14BrN/c1-2-9-8-11(12)6-5-10(9)4-3-7-13/h3-6,8H,2,7,13H2,1H3. The SMILES string of the molecule is CCc1cc(Br)ccc1C=CCN. The molecule has 0 aliphatic heterocycles. The minimum Gasteiger partial charge on any atom is -0.327 e. The van der Waals surface area contributed by atoms with Crippen LogP contribution in [0.15, 0.2) is 28.7 Å². The molecule has 1 nitrogen and oxygen atoms in total. The number of rotatable bonds is 3. The molecule has 0 unspecified atom stereocenters. The molecule has 1 aromatic carbocycles. The summed E-state index contributed by atoms with van der Waals surface area (Å²) in [5, 5.41) is 0. The molecule has 0 bridgehead atoms. The van der Waals surface area contributed by atoms with Crippen LogP contribution < -0.4 is 5.73 Å². The average Bonchev–Trinajstić information content (AvgIpc) is 2.16. The molecule has 1 aromatic rings. The molecule has 0 fully saturated rings. The van der Waals surface area contributed by atoms with E-state index in [1.807, 2.05) is 6.08 Å². The van der Waals surface area contributed by atoms with Gasteiger partial charge in [0.25, 0.3) is 0 Å². The van der Waals surface area contributed by atoms with Gasteiger partial charge in [-0.1, -0.05) is 41.1 Å². The maximum absolute atomic E-state index is 5.40. The van der Waals surface area contributed by atoms with Crippen LogP contribution in [0.4, 0.5) is 0 Å². The summed E-state index contributed by atoms with van der Waals surface area (Å²) >= 11 is 3.46. The highest BCUT2D eigenvalue weighted by Gasteiger charge is 1.97. The van der Waals surface area contributed by atoms with E-state index >= 15 is 0 Å². The molecule has 0 aromatic heterocycles. The van der Waals surface area contributed by atoms with Crippen molar-refractivity contribution in [2.45, 2.75) is 13.3 Å². The van der Waals surface area contributed by atoms with E-state index < -0.39 is 0 Å². The van der Waals surface area contributed by atoms with E-state index in [2.05, 4.69) is 47.1 Å². The first-order valence-corrected chi connectivity index (χ1v) is 5.22. The largest absolute Gasteiger partial charge is 0.327 e. The Kier molecular flexibility index (Phi) is 4.19. The summed E-state index contributed by atoms with van der Waals surface area (Å²) in [6.07, 6.45) is 5.09. The monoisotopic (exact) mass is 239 g/mol. The van der Waals surface area contributed by atoms with Crippen LogP contribution in [0.3, 0.4) is 0 Å². The van der Waals surface area contributed by atoms with Crippen molar-refractivity contribution in [3.8, 4) is 0 Å². The van der Waals surface area contributed by atoms with E-state index in [0.29, 0.717) is 6.54 Å². The van der Waals surface area contributed by atoms with Gasteiger partial charge < -0.3 is 5.73 Å². The molecule has 0 amide bonds. The van der Waals surface area contributed by atoms with E-state index in [1.165, 1.54) is 11.1 Å². The van der Waals surface area contributed by atoms with E-state index in [4.69, 9.17) is 5.73 Å². The maximum atomic E-state index is 5.40. The van der Waals surface area contributed by atoms with Crippen molar-refractivity contribution in [2.24, 2.45) is 5.73 Å². The molecule has 0 aliphatic rings. The van der Waals surface area contributed by atoms with Gasteiger partial charge in [0.15, 0.2) is 0 Å². The lowest BCUT2D eigenvalue weighted by atomic mass is 10.1. The van der Waals surface area contributed by atoms with Gasteiger partial charge in [-0.25, -0.2) is 0 Å². The lowest BCUT2D eigenvalue weighted by molar-refractivity contribution is 1.13. The second kappa shape index (κ2) is 5.20. The Morgan fingerprint density at radius 3 is 2.85 bits per heavy atom. The Morgan fingerprint density at radius 1 is 1.46 bits per heavy atom. The summed E-state index contributed by atoms with van der Waals surface area (Å²) in [7, 11) is 0. The molecule has 70 valence electrons. The van der Waals surface area contributed by atoms with Crippen LogP contribution >= 0.6 is 15.9 Å². The average molecular weight is 240 g/mol. The van der Waals surface area contributed by atoms with Gasteiger partial charge in [0.05, 0.1) is 0 Å². The number of aryl methyl sites for hydroxylation is 1. The number of hydrogen-bond donors (Lipinski definition) is 1. The predicted molar refractivity (Wildman–Crippen MR) is 61.6 cm³/mol. The Hall–Kier alpha value is -0.600. The molecule has 0 heterocycles. The van der Waals surface area contributed by atoms with Crippen molar-refractivity contribution in [3.05, 3.63) is 39.9 Å². The summed E-state index contributed by atoms with van der Waals surface area (Å²) in [6.45, 7) is 2.75. The van der Waals surface area contributed by atoms with Crippen molar-refractivity contribution in [1.29, 1.82) is 0 Å². The lowest BCUT2D eigenvalue weighted by Gasteiger charge is -2.03. The summed E-state index contributed by atoms with van der Waals surface area (Å²) in [5.41, 5.74) is 8.01. The summed E-state index contributed by atoms with van der Waals surface area (Å²) in [6, 6.07) is 6.31. The smallest absolute Gasteiger partial charge is 0.0178 e. The van der Waals surface area contributed by atoms with Crippen LogP contribution in [0, 0.1) is 0 Å². The van der Waals surface area contributed by atoms with Crippen LogP contribution in [0.1, 0.15) is 18.1 Å². The Bertz CT molecular complexity index is 305. The third-order valence-corrected chi connectivity index (χ3v) is 2.41. The zero-order chi connectivity index (χ0) is 9.68. The normalized spacial score (nSPS) is 11.0. The van der Waals surface area contributed by atoms with E-state index in [0.717, 1.165) is 10.9 Å². The third-order valence-electron chi connectivity index (χ3n) is 1.92. The first-order valence-electron chi connectivity index (χ1n) is 4.43. The minimum absolute atomic E-state index is 0.596. The van der Waals surface area contributed by atoms with Crippen molar-refractivity contribution >= 4 is 22.0 Å². The molecule has 0 atom stereocenters. The minimum atomic E-state index is 0.596. The van der Waals surface area contributed by atoms with E-state index in [-0.39, 0.29) is 0 Å². The van der Waals surface area contributed by atoms with Crippen LogP contribution in [-0.4, -0.2) is 6.54 Å². The van der Waals surface area contributed by atoms with E-state index in [1.54, 1.807) is 0 Å². The first kappa shape index (κ1) is 10.5. The Labute approximate surface area is 87.8 Å². The van der Waals surface area contributed by atoms with E-state index in [9.17, 15) is 0 Å². The third kappa shape index (κ3) is 2.98. The quantitative estimate of drug-likeness (QED) is 0.863. The molecule has 0 aliphatic carbocycles. The molecule has 0 radical (unpaired) electrons. The van der Waals surface area contributed by atoms with Gasteiger partial charge in [-0.3, -0.25) is 0 Å². The van der Waals surface area contributed by atoms with Crippen molar-refractivity contribution in [2.75, 3.05) is 6.54 Å². The molecule has 0 saturated carbocycles. The van der Waals surface area contributed by atoms with Crippen LogP contribution in [-0.2, 0) is 6.42 Å². The molecule has 2 N–H and O–H groups in total.